The fraction of sp³-hybridized carbons (Fsp3) is 0.622. The maximum Gasteiger partial charge on any atom is 0.306 e. The molecule has 3 saturated heterocycles. The maximum absolute atomic E-state index is 14.8. The van der Waals surface area contributed by atoms with Crippen LogP contribution in [-0.4, -0.2) is 88.2 Å². The van der Waals surface area contributed by atoms with Gasteiger partial charge in [-0.3, -0.25) is 19.2 Å². The van der Waals surface area contributed by atoms with Crippen LogP contribution in [0.2, 0.25) is 0 Å². The van der Waals surface area contributed by atoms with Crippen LogP contribution in [0.4, 0.5) is 0 Å². The van der Waals surface area contributed by atoms with Gasteiger partial charge in [0.1, 0.15) is 18.2 Å². The number of rotatable bonds is 16. The number of ether oxygens (including phenoxy) is 2. The van der Waals surface area contributed by atoms with Crippen molar-refractivity contribution >= 4 is 23.7 Å². The number of benzene rings is 1. The van der Waals surface area contributed by atoms with Crippen molar-refractivity contribution < 1.29 is 33.8 Å². The number of fused-ring (bicyclic) bond motifs is 1. The van der Waals surface area contributed by atoms with E-state index in [1.54, 1.807) is 22.0 Å². The predicted molar refractivity (Wildman–Crippen MR) is 179 cm³/mol. The van der Waals surface area contributed by atoms with E-state index in [9.17, 15) is 24.3 Å². The second-order valence-corrected chi connectivity index (χ2v) is 14.9. The second kappa shape index (κ2) is 14.7. The molecule has 47 heavy (non-hydrogen) atoms. The van der Waals surface area contributed by atoms with Crippen LogP contribution in [-0.2, 0) is 28.7 Å². The largest absolute Gasteiger partial charge is 0.463 e. The van der Waals surface area contributed by atoms with E-state index in [1.807, 2.05) is 44.2 Å². The third-order valence-electron chi connectivity index (χ3n) is 9.65. The number of carbonyl (C=O) groups excluding carboxylic acids is 4. The van der Waals surface area contributed by atoms with Gasteiger partial charge in [0.2, 0.25) is 17.7 Å². The number of aliphatic hydroxyl groups is 1. The van der Waals surface area contributed by atoms with Crippen LogP contribution >= 0.6 is 0 Å². The first kappa shape index (κ1) is 36.3. The molecule has 1 aromatic rings. The van der Waals surface area contributed by atoms with E-state index in [4.69, 9.17) is 9.47 Å². The van der Waals surface area contributed by atoms with Gasteiger partial charge in [-0.25, -0.2) is 0 Å². The molecule has 2 N–H and O–H groups in total. The summed E-state index contributed by atoms with van der Waals surface area (Å²) in [5.74, 6) is -3.01. The van der Waals surface area contributed by atoms with E-state index in [0.29, 0.717) is 38.6 Å². The Labute approximate surface area is 279 Å². The van der Waals surface area contributed by atoms with Crippen molar-refractivity contribution in [2.75, 3.05) is 26.3 Å². The lowest BCUT2D eigenvalue weighted by Gasteiger charge is -2.45. The number of likely N-dealkylation sites (tertiary alicyclic amines) is 1. The minimum absolute atomic E-state index is 0.0726. The van der Waals surface area contributed by atoms with Crippen LogP contribution in [0.15, 0.2) is 55.6 Å². The number of hydrogen-bond acceptors (Lipinski definition) is 7. The summed E-state index contributed by atoms with van der Waals surface area (Å²) in [6.07, 6.45) is 5.46. The molecule has 10 nitrogen and oxygen atoms in total. The van der Waals surface area contributed by atoms with Crippen molar-refractivity contribution in [2.24, 2.45) is 17.3 Å². The first-order chi connectivity index (χ1) is 22.2. The first-order valence-corrected chi connectivity index (χ1v) is 16.8. The third-order valence-corrected chi connectivity index (χ3v) is 9.65. The zero-order chi connectivity index (χ0) is 34.6. The van der Waals surface area contributed by atoms with Gasteiger partial charge in [-0.2, -0.15) is 0 Å². The summed E-state index contributed by atoms with van der Waals surface area (Å²) < 4.78 is 12.2. The highest BCUT2D eigenvalue weighted by molar-refractivity contribution is 5.99. The Balaban J connectivity index is 1.66. The van der Waals surface area contributed by atoms with Crippen LogP contribution in [0.1, 0.15) is 84.7 Å². The molecule has 0 unspecified atom stereocenters. The molecule has 3 aliphatic rings. The van der Waals surface area contributed by atoms with Crippen molar-refractivity contribution in [3.05, 3.63) is 61.2 Å². The van der Waals surface area contributed by atoms with Gasteiger partial charge in [-0.1, -0.05) is 63.3 Å². The summed E-state index contributed by atoms with van der Waals surface area (Å²) in [5.41, 5.74) is -1.06. The first-order valence-electron chi connectivity index (χ1n) is 16.8. The zero-order valence-corrected chi connectivity index (χ0v) is 28.7. The molecule has 1 aromatic carbocycles. The monoisotopic (exact) mass is 651 g/mol. The molecule has 0 aromatic heterocycles. The Hall–Kier alpha value is -3.50. The third kappa shape index (κ3) is 7.64. The van der Waals surface area contributed by atoms with Gasteiger partial charge < -0.3 is 29.7 Å². The molecule has 3 amide bonds. The quantitative estimate of drug-likeness (QED) is 0.201. The van der Waals surface area contributed by atoms with E-state index in [-0.39, 0.29) is 49.3 Å². The standard InChI is InChI=1S/C37H53N3O7/c1-8-10-17-28(42)46-23-26(25-15-12-11-13-16-25)38-32(43)29-27-18-19-37(47-27)30(29)33(44)39(21-14-22-41)31(37)34(45)40(20-9-2)36(6,7)24-35(3,4)5/h8-9,11-13,15-16,26-27,29-31,41H,1-2,10,14,17-24H2,3-7H3,(H,38,43)/t26-,27+,29-,30-,31+,37-/m0/s1. The van der Waals surface area contributed by atoms with Crippen LogP contribution in [0.3, 0.4) is 0 Å². The Morgan fingerprint density at radius 1 is 1.17 bits per heavy atom. The van der Waals surface area contributed by atoms with Crippen molar-refractivity contribution in [1.29, 1.82) is 0 Å². The maximum atomic E-state index is 14.8. The van der Waals surface area contributed by atoms with Crippen molar-refractivity contribution in [1.82, 2.24) is 15.1 Å². The van der Waals surface area contributed by atoms with Crippen molar-refractivity contribution in [3.63, 3.8) is 0 Å². The number of amides is 3. The zero-order valence-electron chi connectivity index (χ0n) is 28.7. The van der Waals surface area contributed by atoms with Crippen LogP contribution < -0.4 is 5.32 Å². The molecule has 0 aliphatic carbocycles. The molecule has 10 heteroatoms. The summed E-state index contributed by atoms with van der Waals surface area (Å²) in [4.78, 5) is 59.0. The number of hydrogen-bond donors (Lipinski definition) is 2. The summed E-state index contributed by atoms with van der Waals surface area (Å²) >= 11 is 0. The molecule has 2 bridgehead atoms. The summed E-state index contributed by atoms with van der Waals surface area (Å²) in [5, 5.41) is 12.8. The van der Waals surface area contributed by atoms with Crippen LogP contribution in [0.5, 0.6) is 0 Å². The van der Waals surface area contributed by atoms with Gasteiger partial charge in [0.15, 0.2) is 0 Å². The lowest BCUT2D eigenvalue weighted by Crippen LogP contribution is -2.61. The van der Waals surface area contributed by atoms with Gasteiger partial charge in [0.05, 0.1) is 24.0 Å². The molecule has 6 atom stereocenters. The average molecular weight is 652 g/mol. The summed E-state index contributed by atoms with van der Waals surface area (Å²) in [6.45, 7) is 18.2. The number of esters is 1. The predicted octanol–water partition coefficient (Wildman–Crippen LogP) is 4.34. The topological polar surface area (TPSA) is 125 Å². The number of carbonyl (C=O) groups is 4. The minimum Gasteiger partial charge on any atom is -0.463 e. The smallest absolute Gasteiger partial charge is 0.306 e. The SMILES string of the molecule is C=CCCC(=O)OC[C@H](NC(=O)[C@@H]1[C@H]2C(=O)N(CCCO)[C@H](C(=O)N(CC=C)C(C)(C)CC(C)(C)C)[C@]23CC[C@H]1O3)c1ccccc1. The molecule has 0 radical (unpaired) electrons. The summed E-state index contributed by atoms with van der Waals surface area (Å²) in [7, 11) is 0. The molecule has 3 aliphatic heterocycles. The Kier molecular flexibility index (Phi) is 11.4. The highest BCUT2D eigenvalue weighted by atomic mass is 16.5. The van der Waals surface area contributed by atoms with E-state index in [1.165, 1.54) is 0 Å². The molecular weight excluding hydrogens is 598 g/mol. The number of nitrogens with zero attached hydrogens (tertiary/aromatic N) is 2. The van der Waals surface area contributed by atoms with Gasteiger partial charge in [0.25, 0.3) is 0 Å². The fourth-order valence-corrected chi connectivity index (χ4v) is 8.16. The van der Waals surface area contributed by atoms with Gasteiger partial charge in [-0.05, 0) is 56.9 Å². The van der Waals surface area contributed by atoms with Crippen molar-refractivity contribution in [3.8, 4) is 0 Å². The molecule has 1 spiro atoms. The Morgan fingerprint density at radius 2 is 1.87 bits per heavy atom. The second-order valence-electron chi connectivity index (χ2n) is 14.9. The number of aliphatic hydroxyl groups excluding tert-OH is 1. The molecule has 3 heterocycles. The van der Waals surface area contributed by atoms with Gasteiger partial charge >= 0.3 is 5.97 Å². The van der Waals surface area contributed by atoms with Crippen LogP contribution in [0.25, 0.3) is 0 Å². The highest BCUT2D eigenvalue weighted by Gasteiger charge is 2.74. The lowest BCUT2D eigenvalue weighted by atomic mass is 9.70. The summed E-state index contributed by atoms with van der Waals surface area (Å²) in [6, 6.07) is 7.66. The Morgan fingerprint density at radius 3 is 2.49 bits per heavy atom. The highest BCUT2D eigenvalue weighted by Crippen LogP contribution is 2.59. The normalized spacial score (nSPS) is 25.7. The van der Waals surface area contributed by atoms with E-state index in [0.717, 1.165) is 5.56 Å². The van der Waals surface area contributed by atoms with E-state index in [2.05, 4.69) is 39.2 Å². The Bertz CT molecular complexity index is 1320. The van der Waals surface area contributed by atoms with Gasteiger partial charge in [-0.15, -0.1) is 13.2 Å². The van der Waals surface area contributed by atoms with Crippen molar-refractivity contribution in [2.45, 2.75) is 102 Å². The van der Waals surface area contributed by atoms with Gasteiger partial charge in [0, 0.05) is 31.7 Å². The van der Waals surface area contributed by atoms with E-state index < -0.39 is 47.1 Å². The molecular formula is C37H53N3O7. The fourth-order valence-electron chi connectivity index (χ4n) is 8.16. The average Bonchev–Trinajstić information content (AvgIpc) is 3.65. The number of nitrogens with one attached hydrogen (secondary N) is 1. The molecule has 3 fully saturated rings. The lowest BCUT2D eigenvalue weighted by molar-refractivity contribution is -0.153. The van der Waals surface area contributed by atoms with Crippen LogP contribution in [0, 0.1) is 17.3 Å². The molecule has 0 saturated carbocycles. The molecule has 4 rings (SSSR count). The molecule has 258 valence electrons. The van der Waals surface area contributed by atoms with E-state index >= 15 is 0 Å². The number of allylic oxidation sites excluding steroid dienone is 1. The minimum atomic E-state index is -1.17.